The number of carbonyl (C=O) groups is 1. The van der Waals surface area contributed by atoms with Crippen molar-refractivity contribution in [1.29, 1.82) is 0 Å². The summed E-state index contributed by atoms with van der Waals surface area (Å²) in [5, 5.41) is 7.16. The van der Waals surface area contributed by atoms with Gasteiger partial charge in [-0.2, -0.15) is 13.2 Å². The molecule has 28 heavy (non-hydrogen) atoms. The van der Waals surface area contributed by atoms with E-state index in [1.807, 2.05) is 0 Å². The van der Waals surface area contributed by atoms with Crippen molar-refractivity contribution < 1.29 is 18.0 Å². The fourth-order valence-electron chi connectivity index (χ4n) is 3.91. The highest BCUT2D eigenvalue weighted by Crippen LogP contribution is 2.34. The van der Waals surface area contributed by atoms with Crippen LogP contribution in [-0.4, -0.2) is 23.5 Å². The van der Waals surface area contributed by atoms with Gasteiger partial charge in [-0.15, -0.1) is 0 Å². The summed E-state index contributed by atoms with van der Waals surface area (Å²) in [7, 11) is 0. The molecule has 1 amide bonds. The number of benzene rings is 1. The van der Waals surface area contributed by atoms with E-state index in [0.717, 1.165) is 62.9 Å². The molecule has 1 aromatic heterocycles. The number of aromatic nitrogens is 1. The first-order valence-electron chi connectivity index (χ1n) is 9.90. The Hall–Kier alpha value is -2.31. The Balaban J connectivity index is 1.35. The predicted molar refractivity (Wildman–Crippen MR) is 102 cm³/mol. The lowest BCUT2D eigenvalue weighted by atomic mass is 9.81. The van der Waals surface area contributed by atoms with Crippen LogP contribution in [0.25, 0.3) is 10.9 Å². The maximum absolute atomic E-state index is 12.9. The number of anilines is 1. The van der Waals surface area contributed by atoms with Gasteiger partial charge < -0.3 is 10.6 Å². The number of nitrogens with one attached hydrogen (secondary N) is 2. The van der Waals surface area contributed by atoms with E-state index in [-0.39, 0.29) is 11.8 Å². The number of alkyl halides is 3. The van der Waals surface area contributed by atoms with Crippen molar-refractivity contribution in [2.24, 2.45) is 11.8 Å². The largest absolute Gasteiger partial charge is 0.416 e. The van der Waals surface area contributed by atoms with E-state index < -0.39 is 11.7 Å². The lowest BCUT2D eigenvalue weighted by Gasteiger charge is -2.28. The SMILES string of the molecule is O=C(NC1CC1)C1CCC(CNc2ccnc3cc(C(F)(F)F)ccc23)CC1. The Bertz CT molecular complexity index is 856. The zero-order chi connectivity index (χ0) is 19.7. The van der Waals surface area contributed by atoms with Crippen LogP contribution >= 0.6 is 0 Å². The molecule has 2 N–H and O–H groups in total. The van der Waals surface area contributed by atoms with E-state index in [4.69, 9.17) is 0 Å². The first-order chi connectivity index (χ1) is 13.4. The molecule has 4 rings (SSSR count). The second-order valence-corrected chi connectivity index (χ2v) is 7.97. The molecular formula is C21H24F3N3O. The smallest absolute Gasteiger partial charge is 0.384 e. The van der Waals surface area contributed by atoms with Crippen LogP contribution in [0.3, 0.4) is 0 Å². The number of fused-ring (bicyclic) bond motifs is 1. The van der Waals surface area contributed by atoms with Crippen LogP contribution in [0, 0.1) is 11.8 Å². The highest BCUT2D eigenvalue weighted by molar-refractivity contribution is 5.91. The number of rotatable bonds is 5. The van der Waals surface area contributed by atoms with Crippen molar-refractivity contribution in [3.8, 4) is 0 Å². The Kier molecular flexibility index (Phi) is 5.17. The normalized spacial score (nSPS) is 22.8. The van der Waals surface area contributed by atoms with Gasteiger partial charge in [0.25, 0.3) is 0 Å². The number of amides is 1. The fourth-order valence-corrected chi connectivity index (χ4v) is 3.91. The predicted octanol–water partition coefficient (Wildman–Crippen LogP) is 4.75. The van der Waals surface area contributed by atoms with Crippen molar-refractivity contribution in [2.75, 3.05) is 11.9 Å². The summed E-state index contributed by atoms with van der Waals surface area (Å²) in [6.45, 7) is 0.747. The summed E-state index contributed by atoms with van der Waals surface area (Å²) in [6.07, 6.45) is 3.14. The molecule has 2 saturated carbocycles. The van der Waals surface area contributed by atoms with Gasteiger partial charge >= 0.3 is 6.18 Å². The second kappa shape index (κ2) is 7.60. The minimum absolute atomic E-state index is 0.124. The number of halogens is 3. The van der Waals surface area contributed by atoms with Crippen LogP contribution in [0.2, 0.25) is 0 Å². The van der Waals surface area contributed by atoms with Crippen LogP contribution in [-0.2, 0) is 11.0 Å². The van der Waals surface area contributed by atoms with Crippen LogP contribution < -0.4 is 10.6 Å². The molecule has 0 atom stereocenters. The van der Waals surface area contributed by atoms with Crippen LogP contribution in [0.5, 0.6) is 0 Å². The average molecular weight is 391 g/mol. The molecule has 2 aromatic rings. The van der Waals surface area contributed by atoms with Gasteiger partial charge in [0.2, 0.25) is 5.91 Å². The van der Waals surface area contributed by atoms with Gasteiger partial charge in [-0.25, -0.2) is 0 Å². The quantitative estimate of drug-likeness (QED) is 0.773. The maximum atomic E-state index is 12.9. The number of nitrogens with zero attached hydrogens (tertiary/aromatic N) is 1. The van der Waals surface area contributed by atoms with E-state index >= 15 is 0 Å². The van der Waals surface area contributed by atoms with E-state index in [1.54, 1.807) is 6.07 Å². The molecule has 0 bridgehead atoms. The van der Waals surface area contributed by atoms with Gasteiger partial charge in [0.05, 0.1) is 11.1 Å². The summed E-state index contributed by atoms with van der Waals surface area (Å²) in [4.78, 5) is 16.2. The number of carbonyl (C=O) groups excluding carboxylic acids is 1. The number of pyridine rings is 1. The van der Waals surface area contributed by atoms with Crippen molar-refractivity contribution >= 4 is 22.5 Å². The van der Waals surface area contributed by atoms with E-state index in [1.165, 1.54) is 12.3 Å². The third-order valence-corrected chi connectivity index (χ3v) is 5.79. The molecule has 1 aromatic carbocycles. The molecule has 0 spiro atoms. The Morgan fingerprint density at radius 3 is 2.50 bits per heavy atom. The minimum Gasteiger partial charge on any atom is -0.384 e. The first kappa shape index (κ1) is 19.0. The molecular weight excluding hydrogens is 367 g/mol. The molecule has 2 aliphatic rings. The second-order valence-electron chi connectivity index (χ2n) is 7.97. The monoisotopic (exact) mass is 391 g/mol. The zero-order valence-electron chi connectivity index (χ0n) is 15.6. The van der Waals surface area contributed by atoms with Crippen molar-refractivity contribution in [3.05, 3.63) is 36.0 Å². The molecule has 0 saturated heterocycles. The Morgan fingerprint density at radius 1 is 1.07 bits per heavy atom. The molecule has 2 fully saturated rings. The highest BCUT2D eigenvalue weighted by atomic mass is 19.4. The van der Waals surface area contributed by atoms with Crippen molar-refractivity contribution in [1.82, 2.24) is 10.3 Å². The molecule has 2 aliphatic carbocycles. The van der Waals surface area contributed by atoms with E-state index in [2.05, 4.69) is 15.6 Å². The lowest BCUT2D eigenvalue weighted by Crippen LogP contribution is -2.35. The molecule has 0 unspecified atom stereocenters. The van der Waals surface area contributed by atoms with Crippen molar-refractivity contribution in [2.45, 2.75) is 50.7 Å². The van der Waals surface area contributed by atoms with Gasteiger partial charge in [-0.3, -0.25) is 9.78 Å². The summed E-state index contributed by atoms with van der Waals surface area (Å²) >= 11 is 0. The highest BCUT2D eigenvalue weighted by Gasteiger charge is 2.31. The third-order valence-electron chi connectivity index (χ3n) is 5.79. The molecule has 0 radical (unpaired) electrons. The van der Waals surface area contributed by atoms with E-state index in [0.29, 0.717) is 22.9 Å². The zero-order valence-corrected chi connectivity index (χ0v) is 15.6. The number of hydrogen-bond donors (Lipinski definition) is 2. The third kappa shape index (κ3) is 4.39. The van der Waals surface area contributed by atoms with Gasteiger partial charge in [-0.1, -0.05) is 6.07 Å². The molecule has 4 nitrogen and oxygen atoms in total. The molecule has 7 heteroatoms. The topological polar surface area (TPSA) is 54.0 Å². The summed E-state index contributed by atoms with van der Waals surface area (Å²) < 4.78 is 38.7. The lowest BCUT2D eigenvalue weighted by molar-refractivity contribution is -0.137. The van der Waals surface area contributed by atoms with Gasteiger partial charge in [0.1, 0.15) is 0 Å². The van der Waals surface area contributed by atoms with Crippen LogP contribution in [0.15, 0.2) is 30.5 Å². The Morgan fingerprint density at radius 2 is 1.82 bits per heavy atom. The number of hydrogen-bond acceptors (Lipinski definition) is 3. The molecule has 0 aliphatic heterocycles. The summed E-state index contributed by atoms with van der Waals surface area (Å²) in [5.41, 5.74) is 0.444. The van der Waals surface area contributed by atoms with E-state index in [9.17, 15) is 18.0 Å². The summed E-state index contributed by atoms with van der Waals surface area (Å²) in [6, 6.07) is 5.87. The van der Waals surface area contributed by atoms with Crippen LogP contribution in [0.1, 0.15) is 44.1 Å². The standard InChI is InChI=1S/C21H24F3N3O/c22-21(23,24)15-5-8-17-18(9-10-25-19(17)11-15)26-12-13-1-3-14(4-2-13)20(28)27-16-6-7-16/h5,8-11,13-14,16H,1-4,6-7,12H2,(H,25,26)(H,27,28). The van der Waals surface area contributed by atoms with Gasteiger partial charge in [0.15, 0.2) is 0 Å². The summed E-state index contributed by atoms with van der Waals surface area (Å²) in [5.74, 6) is 0.788. The maximum Gasteiger partial charge on any atom is 0.416 e. The van der Waals surface area contributed by atoms with Crippen molar-refractivity contribution in [3.63, 3.8) is 0 Å². The van der Waals surface area contributed by atoms with Gasteiger partial charge in [-0.05, 0) is 62.6 Å². The molecule has 1 heterocycles. The fraction of sp³-hybridized carbons (Fsp3) is 0.524. The molecule has 150 valence electrons. The first-order valence-corrected chi connectivity index (χ1v) is 9.90. The van der Waals surface area contributed by atoms with Gasteiger partial charge in [0, 0.05) is 35.8 Å². The van der Waals surface area contributed by atoms with Crippen LogP contribution in [0.4, 0.5) is 18.9 Å². The average Bonchev–Trinajstić information content (AvgIpc) is 3.49. The Labute approximate surface area is 161 Å². The minimum atomic E-state index is -4.37.